The molecule has 0 bridgehead atoms. The molecule has 0 saturated carbocycles. The zero-order valence-corrected chi connectivity index (χ0v) is 18.9. The average molecular weight is 494 g/mol. The zero-order chi connectivity index (χ0) is 21.3. The number of hydrogen-bond donors (Lipinski definition) is 1. The SMILES string of the molecule is CON(C)C(=O)[C@H]1OC[C@]2(c3cc(Br)ccc3F)N=C(Nc3ccccc3)SC[C@H]12. The van der Waals surface area contributed by atoms with Crippen molar-refractivity contribution in [2.24, 2.45) is 10.9 Å². The standard InChI is InChI=1S/C21H21BrFN3O3S/c1-26(28-2)19(27)18-16-11-30-20(24-14-6-4-3-5-7-14)25-21(16,12-29-18)15-10-13(22)8-9-17(15)23/h3-10,16,18H,11-12H2,1-2H3,(H,24,25)/t16-,18+,21-/m1/s1. The fourth-order valence-corrected chi connectivity index (χ4v) is 5.37. The van der Waals surface area contributed by atoms with Crippen LogP contribution in [0.4, 0.5) is 10.1 Å². The topological polar surface area (TPSA) is 63.2 Å². The van der Waals surface area contributed by atoms with E-state index < -0.39 is 11.6 Å². The van der Waals surface area contributed by atoms with Crippen molar-refractivity contribution in [1.82, 2.24) is 5.06 Å². The van der Waals surface area contributed by atoms with Gasteiger partial charge < -0.3 is 10.1 Å². The Morgan fingerprint density at radius 2 is 2.13 bits per heavy atom. The molecule has 0 spiro atoms. The fraction of sp³-hybridized carbons (Fsp3) is 0.333. The largest absolute Gasteiger partial charge is 0.365 e. The third-order valence-corrected chi connectivity index (χ3v) is 6.90. The predicted octanol–water partition coefficient (Wildman–Crippen LogP) is 4.03. The molecule has 4 rings (SSSR count). The highest BCUT2D eigenvalue weighted by Gasteiger charge is 2.57. The molecule has 9 heteroatoms. The maximum atomic E-state index is 15.0. The zero-order valence-electron chi connectivity index (χ0n) is 16.5. The van der Waals surface area contributed by atoms with Crippen LogP contribution in [0, 0.1) is 11.7 Å². The molecule has 2 aliphatic heterocycles. The number of hydrogen-bond acceptors (Lipinski definition) is 6. The first-order valence-electron chi connectivity index (χ1n) is 9.38. The van der Waals surface area contributed by atoms with E-state index in [1.54, 1.807) is 12.1 Å². The van der Waals surface area contributed by atoms with Gasteiger partial charge in [-0.25, -0.2) is 14.4 Å². The third-order valence-electron chi connectivity index (χ3n) is 5.41. The molecule has 0 aliphatic carbocycles. The quantitative estimate of drug-likeness (QED) is 0.651. The minimum Gasteiger partial charge on any atom is -0.365 e. The third kappa shape index (κ3) is 3.87. The summed E-state index contributed by atoms with van der Waals surface area (Å²) >= 11 is 4.92. The van der Waals surface area contributed by atoms with Gasteiger partial charge in [-0.2, -0.15) is 0 Å². The number of ether oxygens (including phenoxy) is 1. The van der Waals surface area contributed by atoms with E-state index in [4.69, 9.17) is 14.6 Å². The van der Waals surface area contributed by atoms with Crippen molar-refractivity contribution < 1.29 is 18.8 Å². The van der Waals surface area contributed by atoms with Crippen molar-refractivity contribution in [3.63, 3.8) is 0 Å². The molecule has 0 radical (unpaired) electrons. The number of amides is 1. The second-order valence-electron chi connectivity index (χ2n) is 7.12. The van der Waals surface area contributed by atoms with Gasteiger partial charge in [0.25, 0.3) is 5.91 Å². The van der Waals surface area contributed by atoms with Gasteiger partial charge >= 0.3 is 0 Å². The normalized spacial score (nSPS) is 25.4. The van der Waals surface area contributed by atoms with Crippen LogP contribution in [0.15, 0.2) is 58.0 Å². The Balaban J connectivity index is 1.77. The number of fused-ring (bicyclic) bond motifs is 1. The molecule has 1 amide bonds. The van der Waals surface area contributed by atoms with Crippen LogP contribution in [0.1, 0.15) is 5.56 Å². The van der Waals surface area contributed by atoms with Crippen molar-refractivity contribution in [2.75, 3.05) is 31.8 Å². The van der Waals surface area contributed by atoms with Crippen molar-refractivity contribution in [1.29, 1.82) is 0 Å². The number of aliphatic imine (C=N–C) groups is 1. The Morgan fingerprint density at radius 3 is 2.87 bits per heavy atom. The highest BCUT2D eigenvalue weighted by Crippen LogP contribution is 2.49. The van der Waals surface area contributed by atoms with Crippen LogP contribution in [0.25, 0.3) is 0 Å². The molecule has 6 nitrogen and oxygen atoms in total. The highest BCUT2D eigenvalue weighted by molar-refractivity contribution is 9.10. The van der Waals surface area contributed by atoms with Gasteiger partial charge in [0.05, 0.1) is 13.7 Å². The maximum absolute atomic E-state index is 15.0. The number of benzene rings is 2. The average Bonchev–Trinajstić information content (AvgIpc) is 3.14. The van der Waals surface area contributed by atoms with Crippen LogP contribution in [0.3, 0.4) is 0 Å². The predicted molar refractivity (Wildman–Crippen MR) is 119 cm³/mol. The van der Waals surface area contributed by atoms with E-state index in [0.717, 1.165) is 15.2 Å². The molecule has 30 heavy (non-hydrogen) atoms. The number of thioether (sulfide) groups is 1. The number of nitrogens with one attached hydrogen (secondary N) is 1. The lowest BCUT2D eigenvalue weighted by Gasteiger charge is -2.36. The van der Waals surface area contributed by atoms with Gasteiger partial charge in [0.1, 0.15) is 17.5 Å². The van der Waals surface area contributed by atoms with Gasteiger partial charge in [-0.15, -0.1) is 0 Å². The number of likely N-dealkylation sites (N-methyl/N-ethyl adjacent to an activating group) is 1. The molecule has 2 heterocycles. The summed E-state index contributed by atoms with van der Waals surface area (Å²) in [6, 6.07) is 14.4. The van der Waals surface area contributed by atoms with E-state index in [1.165, 1.54) is 32.0 Å². The Morgan fingerprint density at radius 1 is 1.37 bits per heavy atom. The van der Waals surface area contributed by atoms with Crippen LogP contribution in [-0.4, -0.2) is 48.8 Å². The summed E-state index contributed by atoms with van der Waals surface area (Å²) < 4.78 is 21.7. The summed E-state index contributed by atoms with van der Waals surface area (Å²) in [7, 11) is 2.96. The molecule has 3 atom stereocenters. The Kier molecular flexibility index (Phi) is 6.15. The smallest absolute Gasteiger partial charge is 0.275 e. The van der Waals surface area contributed by atoms with Crippen molar-refractivity contribution in [3.8, 4) is 0 Å². The summed E-state index contributed by atoms with van der Waals surface area (Å²) in [5.74, 6) is -0.499. The number of carbonyl (C=O) groups is 1. The lowest BCUT2D eigenvalue weighted by molar-refractivity contribution is -0.179. The van der Waals surface area contributed by atoms with E-state index in [2.05, 4.69) is 21.2 Å². The van der Waals surface area contributed by atoms with Crippen molar-refractivity contribution in [2.45, 2.75) is 11.6 Å². The van der Waals surface area contributed by atoms with Crippen LogP contribution < -0.4 is 5.32 Å². The number of anilines is 1. The first kappa shape index (κ1) is 21.3. The molecule has 1 fully saturated rings. The number of hydroxylamine groups is 2. The maximum Gasteiger partial charge on any atom is 0.275 e. The van der Waals surface area contributed by atoms with Gasteiger partial charge in [0.15, 0.2) is 5.17 Å². The number of amidine groups is 1. The van der Waals surface area contributed by atoms with E-state index in [-0.39, 0.29) is 24.2 Å². The van der Waals surface area contributed by atoms with Crippen LogP contribution in [0.5, 0.6) is 0 Å². The van der Waals surface area contributed by atoms with E-state index in [1.807, 2.05) is 30.3 Å². The van der Waals surface area contributed by atoms with Gasteiger partial charge in [0.2, 0.25) is 0 Å². The Bertz CT molecular complexity index is 977. The molecular formula is C21H21BrFN3O3S. The Hall–Kier alpha value is -1.94. The second kappa shape index (κ2) is 8.66. The van der Waals surface area contributed by atoms with Crippen LogP contribution >= 0.6 is 27.7 Å². The summed E-state index contributed by atoms with van der Waals surface area (Å²) in [5, 5.41) is 5.11. The molecule has 2 aromatic carbocycles. The highest BCUT2D eigenvalue weighted by atomic mass is 79.9. The van der Waals surface area contributed by atoms with Crippen LogP contribution in [-0.2, 0) is 19.9 Å². The second-order valence-corrected chi connectivity index (χ2v) is 9.05. The molecule has 2 aromatic rings. The minimum absolute atomic E-state index is 0.0968. The van der Waals surface area contributed by atoms with Gasteiger partial charge in [-0.05, 0) is 30.3 Å². The lowest BCUT2D eigenvalue weighted by Crippen LogP contribution is -2.46. The van der Waals surface area contributed by atoms with E-state index in [9.17, 15) is 4.79 Å². The van der Waals surface area contributed by atoms with Crippen molar-refractivity contribution in [3.05, 3.63) is 64.4 Å². The van der Waals surface area contributed by atoms with Crippen LogP contribution in [0.2, 0.25) is 0 Å². The molecule has 0 aromatic heterocycles. The fourth-order valence-electron chi connectivity index (χ4n) is 3.80. The Labute approximate surface area is 186 Å². The van der Waals surface area contributed by atoms with Gasteiger partial charge in [-0.1, -0.05) is 45.9 Å². The molecular weight excluding hydrogens is 473 g/mol. The van der Waals surface area contributed by atoms with E-state index >= 15 is 4.39 Å². The minimum atomic E-state index is -1.02. The van der Waals surface area contributed by atoms with Gasteiger partial charge in [-0.3, -0.25) is 9.63 Å². The lowest BCUT2D eigenvalue weighted by atomic mass is 9.78. The summed E-state index contributed by atoms with van der Waals surface area (Å²) in [4.78, 5) is 22.8. The van der Waals surface area contributed by atoms with Gasteiger partial charge in [0, 0.05) is 34.4 Å². The first-order chi connectivity index (χ1) is 14.4. The van der Waals surface area contributed by atoms with E-state index in [0.29, 0.717) is 16.5 Å². The number of nitrogens with zero attached hydrogens (tertiary/aromatic N) is 2. The number of carbonyl (C=O) groups excluding carboxylic acids is 1. The summed E-state index contributed by atoms with van der Waals surface area (Å²) in [6.45, 7) is 0.0968. The van der Waals surface area contributed by atoms with Crippen molar-refractivity contribution >= 4 is 44.5 Å². The summed E-state index contributed by atoms with van der Waals surface area (Å²) in [5.41, 5.74) is 0.271. The number of para-hydroxylation sites is 1. The first-order valence-corrected chi connectivity index (χ1v) is 11.2. The number of halogens is 2. The molecule has 0 unspecified atom stereocenters. The molecule has 1 saturated heterocycles. The molecule has 158 valence electrons. The monoisotopic (exact) mass is 493 g/mol. The molecule has 2 aliphatic rings. The summed E-state index contributed by atoms with van der Waals surface area (Å²) in [6.07, 6.45) is -0.775. The molecule has 1 N–H and O–H groups in total. The number of rotatable bonds is 4.